The summed E-state index contributed by atoms with van der Waals surface area (Å²) in [6.45, 7) is 19.5. The summed E-state index contributed by atoms with van der Waals surface area (Å²) >= 11 is 0. The summed E-state index contributed by atoms with van der Waals surface area (Å²) in [5, 5.41) is 49.6. The fraction of sp³-hybridized carbons (Fsp3) is 0.782. The highest BCUT2D eigenvalue weighted by Gasteiger charge is 2.44. The van der Waals surface area contributed by atoms with Gasteiger partial charge in [-0.3, -0.25) is 43.2 Å². The van der Waals surface area contributed by atoms with Crippen molar-refractivity contribution >= 4 is 114 Å². The van der Waals surface area contributed by atoms with E-state index in [4.69, 9.17) is 77.2 Å². The van der Waals surface area contributed by atoms with Gasteiger partial charge in [0.2, 0.25) is 0 Å². The van der Waals surface area contributed by atoms with Crippen molar-refractivity contribution in [1.82, 2.24) is 31.1 Å². The third-order valence-corrected chi connectivity index (χ3v) is 21.2. The number of Topliss-reactive ketones (excluding diaryl/α,β-unsaturated/α-hetero) is 6. The van der Waals surface area contributed by atoms with Gasteiger partial charge in [0.15, 0.2) is 0 Å². The molecule has 1 fully saturated rings. The van der Waals surface area contributed by atoms with Gasteiger partial charge in [0, 0.05) is 34.0 Å². The van der Waals surface area contributed by atoms with Gasteiger partial charge in [-0.05, 0) is 209 Å². The van der Waals surface area contributed by atoms with Crippen LogP contribution in [0.1, 0.15) is 185 Å². The van der Waals surface area contributed by atoms with E-state index in [1.165, 1.54) is 90.0 Å². The zero-order valence-corrected chi connectivity index (χ0v) is 81.1. The maximum atomic E-state index is 13.1. The minimum absolute atomic E-state index is 0.000248. The molecule has 0 aromatic rings. The molecule has 0 aromatic carbocycles. The van der Waals surface area contributed by atoms with E-state index in [0.717, 1.165) is 0 Å². The van der Waals surface area contributed by atoms with Crippen LogP contribution in [-0.4, -0.2) is 355 Å². The van der Waals surface area contributed by atoms with Gasteiger partial charge < -0.3 is 142 Å². The van der Waals surface area contributed by atoms with Gasteiger partial charge in [0.25, 0.3) is 0 Å². The standard InChI is InChI=1S/C76H128N6O36.C7H10O4.C4H8O/c1-17-103-57(91)69(9,37-83)41-111-65(99)115-49-73(13,53(5)87)45-107-61(95)77-27-23-33-81(34-24-28-78-62(96)108-46-74(14,54(6)88)50-116-66(100)112-42-70(10,38-84)58(92)104-18-2)31-21-22-32-82(35-25-29-79-63(97)109-47-75(15,55(7)89)51-117-67(101)113-43-71(11,39-85)59(93)105-19-3)36-26-30-80-64(98)110-48-76(16,56(8)90)52-118-68(102)114-44-72(12,40-86)60(94)106-20-4;1-5(8)7(2)3-10-6(9)11-4-7;1-3-4(2)5/h83-86H,17-52H2,1-16H3,(H,77,95)(H,78,96)(H,79,97)(H,80,98);3-4H2,1-2H3;3H2,1-2H3/i;;2T. The molecule has 0 aromatic heterocycles. The number of carbonyl (C=O) groups is 19. The molecule has 8 unspecified atom stereocenters. The van der Waals surface area contributed by atoms with Crippen molar-refractivity contribution in [3.05, 3.63) is 0 Å². The number of aliphatic hydroxyl groups is 4. The molecule has 0 aliphatic carbocycles. The van der Waals surface area contributed by atoms with Crippen LogP contribution in [0.15, 0.2) is 0 Å². The Morgan fingerprint density at radius 2 is 0.522 bits per heavy atom. The zero-order chi connectivity index (χ0) is 103. The minimum Gasteiger partial charge on any atom is -0.465 e. The Balaban J connectivity index is 0. The molecule has 0 spiro atoms. The number of esters is 4. The minimum atomic E-state index is -1.60. The van der Waals surface area contributed by atoms with Crippen molar-refractivity contribution in [2.24, 2.45) is 48.7 Å². The van der Waals surface area contributed by atoms with Crippen LogP contribution < -0.4 is 21.3 Å². The Labute approximate surface area is 783 Å². The number of nitrogens with zero attached hydrogens (tertiary/aromatic N) is 2. The fourth-order valence-electron chi connectivity index (χ4n) is 9.93. The molecule has 0 saturated carbocycles. The molecule has 8 N–H and O–H groups in total. The van der Waals surface area contributed by atoms with Crippen LogP contribution in [0, 0.1) is 48.7 Å². The van der Waals surface area contributed by atoms with E-state index in [9.17, 15) is 112 Å². The predicted octanol–water partition coefficient (Wildman–Crippen LogP) is 5.81. The van der Waals surface area contributed by atoms with Crippen LogP contribution >= 0.6 is 0 Å². The van der Waals surface area contributed by atoms with Crippen molar-refractivity contribution in [3.63, 3.8) is 0 Å². The summed E-state index contributed by atoms with van der Waals surface area (Å²) in [6, 6.07) is 0. The van der Waals surface area contributed by atoms with Gasteiger partial charge in [0.05, 0.1) is 79.9 Å². The molecule has 1 aliphatic rings. The zero-order valence-electron chi connectivity index (χ0n) is 82.1. The number of rotatable bonds is 63. The molecule has 47 nitrogen and oxygen atoms in total. The van der Waals surface area contributed by atoms with E-state index in [-0.39, 0.29) is 84.3 Å². The third-order valence-electron chi connectivity index (χ3n) is 21.2. The number of cyclic esters (lactones) is 2. The first-order valence-electron chi connectivity index (χ1n) is 44.4. The van der Waals surface area contributed by atoms with Gasteiger partial charge >= 0.3 is 79.0 Å². The molecule has 770 valence electrons. The van der Waals surface area contributed by atoms with Crippen LogP contribution in [-0.2, 0) is 133 Å². The van der Waals surface area contributed by atoms with E-state index in [1.54, 1.807) is 41.5 Å². The Morgan fingerprint density at radius 1 is 0.328 bits per heavy atom. The van der Waals surface area contributed by atoms with Crippen molar-refractivity contribution in [2.45, 2.75) is 183 Å². The lowest BCUT2D eigenvalue weighted by molar-refractivity contribution is -0.161. The monoisotopic (exact) mass is 1930 g/mol. The summed E-state index contributed by atoms with van der Waals surface area (Å²) < 4.78 is 97.6. The number of amides is 4. The summed E-state index contributed by atoms with van der Waals surface area (Å²) in [4.78, 5) is 238. The molecule has 4 amide bonds. The molecule has 1 aliphatic heterocycles. The van der Waals surface area contributed by atoms with E-state index >= 15 is 0 Å². The van der Waals surface area contributed by atoms with Crippen LogP contribution in [0.3, 0.4) is 0 Å². The molecular formula is C87H146N6O41. The first-order valence-corrected chi connectivity index (χ1v) is 43.7. The lowest BCUT2D eigenvalue weighted by atomic mass is 9.88. The summed E-state index contributed by atoms with van der Waals surface area (Å²) in [6.07, 6.45) is -6.57. The Hall–Kier alpha value is -10.9. The van der Waals surface area contributed by atoms with Crippen molar-refractivity contribution < 1.29 is 198 Å². The topological polar surface area (TPSA) is 626 Å². The number of ketones is 6. The van der Waals surface area contributed by atoms with Crippen LogP contribution in [0.5, 0.6) is 0 Å². The Morgan fingerprint density at radius 3 is 0.687 bits per heavy atom. The van der Waals surface area contributed by atoms with Crippen LogP contribution in [0.25, 0.3) is 0 Å². The van der Waals surface area contributed by atoms with Crippen LogP contribution in [0.2, 0.25) is 0 Å². The second kappa shape index (κ2) is 64.1. The first-order chi connectivity index (χ1) is 63.1. The quantitative estimate of drug-likeness (QED) is 0.0202. The molecule has 0 radical (unpaired) electrons. The maximum absolute atomic E-state index is 13.1. The van der Waals surface area contributed by atoms with Gasteiger partial charge in [-0.15, -0.1) is 0 Å². The fourth-order valence-corrected chi connectivity index (χ4v) is 9.93. The molecular weight excluding hydrogens is 1780 g/mol. The Bertz CT molecular complexity index is 3380. The molecule has 0 bridgehead atoms. The van der Waals surface area contributed by atoms with E-state index in [0.29, 0.717) is 84.2 Å². The number of nitrogens with one attached hydrogen (secondary N) is 4. The number of unbranched alkanes of at least 4 members (excludes halogenated alkanes) is 1. The molecule has 47 heteroatoms. The van der Waals surface area contributed by atoms with Gasteiger partial charge in [-0.25, -0.2) is 43.2 Å². The second-order valence-corrected chi connectivity index (χ2v) is 34.2. The summed E-state index contributed by atoms with van der Waals surface area (Å²) in [5.74, 6) is -5.40. The lowest BCUT2D eigenvalue weighted by Crippen LogP contribution is -2.41. The molecule has 134 heavy (non-hydrogen) atoms. The largest absolute Gasteiger partial charge is 0.508 e. The average Bonchev–Trinajstić information content (AvgIpc) is 0.856. The predicted molar refractivity (Wildman–Crippen MR) is 467 cm³/mol. The van der Waals surface area contributed by atoms with Crippen molar-refractivity contribution in [3.8, 4) is 0 Å². The van der Waals surface area contributed by atoms with E-state index < -0.39 is 257 Å². The molecule has 1 saturated heterocycles. The maximum Gasteiger partial charge on any atom is 0.508 e. The average molecular weight is 1930 g/mol. The van der Waals surface area contributed by atoms with Crippen molar-refractivity contribution in [1.29, 1.82) is 0 Å². The third kappa shape index (κ3) is 49.4. The summed E-state index contributed by atoms with van der Waals surface area (Å²) in [5.41, 5.74) is -13.3. The molecule has 8 atom stereocenters. The number of ether oxygens (including phenoxy) is 18. The lowest BCUT2D eigenvalue weighted by Gasteiger charge is -2.29. The van der Waals surface area contributed by atoms with Crippen molar-refractivity contribution in [2.75, 3.05) is 211 Å². The first kappa shape index (κ1) is 123. The Kier molecular flexibility index (Phi) is 58.9. The highest BCUT2D eigenvalue weighted by molar-refractivity contribution is 5.86. The smallest absolute Gasteiger partial charge is 0.465 e. The van der Waals surface area contributed by atoms with Gasteiger partial charge in [-0.1, -0.05) is 6.92 Å². The van der Waals surface area contributed by atoms with E-state index in [2.05, 4.69) is 30.7 Å². The number of aliphatic hydroxyl groups excluding tert-OH is 4. The molecule has 1 heterocycles. The van der Waals surface area contributed by atoms with Gasteiger partial charge in [0.1, 0.15) is 149 Å². The number of alkyl carbamates (subject to hydrolysis) is 4. The highest BCUT2D eigenvalue weighted by Crippen LogP contribution is 2.29. The second-order valence-electron chi connectivity index (χ2n) is 34.2. The van der Waals surface area contributed by atoms with E-state index in [1.807, 2.05) is 9.80 Å². The summed E-state index contributed by atoms with van der Waals surface area (Å²) in [7, 11) is 0. The molecule has 1 rings (SSSR count). The number of hydrogen-bond donors (Lipinski definition) is 8. The number of carbonyl (C=O) groups excluding carboxylic acids is 19. The van der Waals surface area contributed by atoms with Gasteiger partial charge in [-0.2, -0.15) is 0 Å². The number of hydrogen-bond acceptors (Lipinski definition) is 43. The SMILES string of the molecule is CC(=O)C1(C)COC(=O)OC1.CCOC(=O)C(C)(CO)COC(=O)OCC(C)(COC(=O)NCCCN(CCCCN(CCCNC(=O)OCC(C)(COC(=O)OCC(C)(CO)C(=O)OCC)C(C)=O)CCCNC(=O)OCC(C)(COC(=O)OCC(C)(CO)C(=O)OCC)C(C)=O)CCCNC(=O)OCC(C)(COC(=O)OCC(C)(CO)C(=O)OCC)C(C)=O)C(C)=O.[3H]CC(=O)CC. The van der Waals surface area contributed by atoms with Crippen LogP contribution in [0.4, 0.5) is 43.2 Å². The highest BCUT2D eigenvalue weighted by atomic mass is 16.8. The normalized spacial score (nSPS) is 15.6.